The van der Waals surface area contributed by atoms with Gasteiger partial charge < -0.3 is 4.90 Å². The van der Waals surface area contributed by atoms with Gasteiger partial charge in [0.05, 0.1) is 11.8 Å². The molecule has 0 bridgehead atoms. The smallest absolute Gasteiger partial charge is 0.339 e. The summed E-state index contributed by atoms with van der Waals surface area (Å²) in [5, 5.41) is 0. The van der Waals surface area contributed by atoms with Gasteiger partial charge in [-0.3, -0.25) is 4.79 Å². The first-order valence-electron chi connectivity index (χ1n) is 10.0. The molecule has 31 heavy (non-hydrogen) atoms. The second kappa shape index (κ2) is 9.00. The van der Waals surface area contributed by atoms with Crippen molar-refractivity contribution in [3.63, 3.8) is 0 Å². The van der Waals surface area contributed by atoms with Crippen molar-refractivity contribution in [2.24, 2.45) is 0 Å². The maximum Gasteiger partial charge on any atom is 0.416 e. The molecule has 0 radical (unpaired) electrons. The third-order valence-electron chi connectivity index (χ3n) is 5.58. The van der Waals surface area contributed by atoms with E-state index >= 15 is 0 Å². The van der Waals surface area contributed by atoms with E-state index in [4.69, 9.17) is 0 Å². The van der Waals surface area contributed by atoms with Crippen LogP contribution in [0.15, 0.2) is 48.5 Å². The van der Waals surface area contributed by atoms with E-state index in [1.807, 2.05) is 0 Å². The summed E-state index contributed by atoms with van der Waals surface area (Å²) >= 11 is 0. The summed E-state index contributed by atoms with van der Waals surface area (Å²) in [6.45, 7) is 3.00. The number of benzene rings is 2. The van der Waals surface area contributed by atoms with Gasteiger partial charge in [-0.05, 0) is 42.2 Å². The number of halogens is 3. The quantitative estimate of drug-likeness (QED) is 0.679. The molecule has 0 aromatic heterocycles. The molecule has 0 spiro atoms. The van der Waals surface area contributed by atoms with Gasteiger partial charge in [-0.2, -0.15) is 17.5 Å². The number of sulfonamides is 1. The Bertz CT molecular complexity index is 1030. The third kappa shape index (κ3) is 5.27. The van der Waals surface area contributed by atoms with Gasteiger partial charge in [0, 0.05) is 31.2 Å². The molecule has 3 rings (SSSR count). The summed E-state index contributed by atoms with van der Waals surface area (Å²) in [6, 6.07) is 11.4. The van der Waals surface area contributed by atoms with E-state index in [1.165, 1.54) is 22.7 Å². The predicted octanol–water partition coefficient (Wildman–Crippen LogP) is 4.26. The van der Waals surface area contributed by atoms with Crippen molar-refractivity contribution in [1.82, 2.24) is 9.21 Å². The zero-order valence-electron chi connectivity index (χ0n) is 17.4. The molecule has 0 aliphatic carbocycles. The van der Waals surface area contributed by atoms with Crippen molar-refractivity contribution >= 4 is 15.9 Å². The standard InChI is InChI=1S/C22H25F3N2O3S/c1-3-27(31(2,29)30)18-12-14-26(15-13-18)21(28)20-7-5-4-6-19(20)16-8-10-17(11-9-16)22(23,24)25/h4-11,18H,3,12-15H2,1-2H3. The molecule has 0 atom stereocenters. The van der Waals surface area contributed by atoms with Crippen molar-refractivity contribution in [2.45, 2.75) is 32.0 Å². The molecule has 1 fully saturated rings. The van der Waals surface area contributed by atoms with Gasteiger partial charge in [-0.1, -0.05) is 37.3 Å². The number of hydrogen-bond acceptors (Lipinski definition) is 3. The van der Waals surface area contributed by atoms with Gasteiger partial charge >= 0.3 is 6.18 Å². The fourth-order valence-corrected chi connectivity index (χ4v) is 5.27. The highest BCUT2D eigenvalue weighted by atomic mass is 32.2. The summed E-state index contributed by atoms with van der Waals surface area (Å²) < 4.78 is 64.0. The molecule has 0 unspecified atom stereocenters. The molecule has 5 nitrogen and oxygen atoms in total. The molecule has 168 valence electrons. The second-order valence-corrected chi connectivity index (χ2v) is 9.55. The minimum Gasteiger partial charge on any atom is -0.339 e. The number of alkyl halides is 3. The van der Waals surface area contributed by atoms with Crippen LogP contribution in [-0.4, -0.2) is 55.5 Å². The van der Waals surface area contributed by atoms with E-state index in [0.717, 1.165) is 12.1 Å². The van der Waals surface area contributed by atoms with Gasteiger partial charge in [0.15, 0.2) is 0 Å². The fourth-order valence-electron chi connectivity index (χ4n) is 4.05. The van der Waals surface area contributed by atoms with Gasteiger partial charge in [-0.25, -0.2) is 8.42 Å². The van der Waals surface area contributed by atoms with E-state index in [9.17, 15) is 26.4 Å². The van der Waals surface area contributed by atoms with Crippen molar-refractivity contribution in [2.75, 3.05) is 25.9 Å². The summed E-state index contributed by atoms with van der Waals surface area (Å²) in [4.78, 5) is 14.9. The SMILES string of the molecule is CCN(C1CCN(C(=O)c2ccccc2-c2ccc(C(F)(F)F)cc2)CC1)S(C)(=O)=O. The van der Waals surface area contributed by atoms with Gasteiger partial charge in [-0.15, -0.1) is 0 Å². The Kier molecular flexibility index (Phi) is 6.76. The van der Waals surface area contributed by atoms with E-state index in [2.05, 4.69) is 0 Å². The predicted molar refractivity (Wildman–Crippen MR) is 113 cm³/mol. The van der Waals surface area contributed by atoms with E-state index in [0.29, 0.717) is 49.2 Å². The molecular weight excluding hydrogens is 429 g/mol. The Hall–Kier alpha value is -2.39. The normalized spacial score (nSPS) is 16.0. The first kappa shape index (κ1) is 23.3. The third-order valence-corrected chi connectivity index (χ3v) is 6.99. The van der Waals surface area contributed by atoms with Crippen molar-refractivity contribution in [1.29, 1.82) is 0 Å². The van der Waals surface area contributed by atoms with Crippen molar-refractivity contribution in [3.8, 4) is 11.1 Å². The molecule has 1 heterocycles. The molecule has 2 aromatic carbocycles. The largest absolute Gasteiger partial charge is 0.416 e. The number of likely N-dealkylation sites (tertiary alicyclic amines) is 1. The fraction of sp³-hybridized carbons (Fsp3) is 0.409. The van der Waals surface area contributed by atoms with E-state index in [1.54, 1.807) is 36.1 Å². The van der Waals surface area contributed by atoms with Gasteiger partial charge in [0.2, 0.25) is 10.0 Å². The van der Waals surface area contributed by atoms with Crippen LogP contribution in [-0.2, 0) is 16.2 Å². The average molecular weight is 455 g/mol. The Morgan fingerprint density at radius 1 is 1.06 bits per heavy atom. The van der Waals surface area contributed by atoms with E-state index in [-0.39, 0.29) is 11.9 Å². The Morgan fingerprint density at radius 2 is 1.65 bits per heavy atom. The first-order chi connectivity index (χ1) is 14.5. The monoisotopic (exact) mass is 454 g/mol. The first-order valence-corrected chi connectivity index (χ1v) is 11.9. The number of amides is 1. The highest BCUT2D eigenvalue weighted by molar-refractivity contribution is 7.88. The number of rotatable bonds is 5. The molecule has 1 aliphatic heterocycles. The van der Waals surface area contributed by atoms with E-state index < -0.39 is 21.8 Å². The highest BCUT2D eigenvalue weighted by Crippen LogP contribution is 2.32. The van der Waals surface area contributed by atoms with Gasteiger partial charge in [0.25, 0.3) is 5.91 Å². The molecule has 2 aromatic rings. The number of nitrogens with zero attached hydrogens (tertiary/aromatic N) is 2. The summed E-state index contributed by atoms with van der Waals surface area (Å²) in [5.74, 6) is -0.212. The van der Waals surface area contributed by atoms with Crippen LogP contribution in [0, 0.1) is 0 Å². The minimum atomic E-state index is -4.42. The number of piperidine rings is 1. The van der Waals surface area contributed by atoms with Crippen LogP contribution >= 0.6 is 0 Å². The molecule has 9 heteroatoms. The number of carbonyl (C=O) groups excluding carboxylic acids is 1. The Morgan fingerprint density at radius 3 is 2.16 bits per heavy atom. The lowest BCUT2D eigenvalue weighted by Crippen LogP contribution is -2.48. The minimum absolute atomic E-state index is 0.144. The number of hydrogen-bond donors (Lipinski definition) is 0. The lowest BCUT2D eigenvalue weighted by molar-refractivity contribution is -0.137. The zero-order chi connectivity index (χ0) is 22.8. The summed E-state index contributed by atoms with van der Waals surface area (Å²) in [6.07, 6.45) is -2.16. The molecule has 1 aliphatic rings. The molecule has 1 saturated heterocycles. The zero-order valence-corrected chi connectivity index (χ0v) is 18.2. The lowest BCUT2D eigenvalue weighted by Gasteiger charge is -2.37. The molecular formula is C22H25F3N2O3S. The maximum atomic E-state index is 13.2. The topological polar surface area (TPSA) is 57.7 Å². The molecule has 0 saturated carbocycles. The maximum absolute atomic E-state index is 13.2. The summed E-state index contributed by atoms with van der Waals surface area (Å²) in [5.41, 5.74) is 0.764. The van der Waals surface area contributed by atoms with Crippen LogP contribution in [0.3, 0.4) is 0 Å². The molecule has 0 N–H and O–H groups in total. The van der Waals surface area contributed by atoms with Crippen LogP contribution in [0.2, 0.25) is 0 Å². The van der Waals surface area contributed by atoms with Crippen LogP contribution in [0.4, 0.5) is 13.2 Å². The number of carbonyl (C=O) groups is 1. The average Bonchev–Trinajstić information content (AvgIpc) is 2.73. The Balaban J connectivity index is 1.78. The Labute approximate surface area is 180 Å². The van der Waals surface area contributed by atoms with Crippen molar-refractivity contribution in [3.05, 3.63) is 59.7 Å². The van der Waals surface area contributed by atoms with Gasteiger partial charge in [0.1, 0.15) is 0 Å². The van der Waals surface area contributed by atoms with Crippen LogP contribution in [0.5, 0.6) is 0 Å². The second-order valence-electron chi connectivity index (χ2n) is 7.61. The van der Waals surface area contributed by atoms with Crippen molar-refractivity contribution < 1.29 is 26.4 Å². The van der Waals surface area contributed by atoms with Crippen LogP contribution in [0.25, 0.3) is 11.1 Å². The lowest BCUT2D eigenvalue weighted by atomic mass is 9.96. The van der Waals surface area contributed by atoms with Crippen LogP contribution < -0.4 is 0 Å². The molecule has 1 amide bonds. The van der Waals surface area contributed by atoms with Crippen LogP contribution in [0.1, 0.15) is 35.7 Å². The highest BCUT2D eigenvalue weighted by Gasteiger charge is 2.32. The summed E-state index contributed by atoms with van der Waals surface area (Å²) in [7, 11) is -3.31.